The molecule has 3 rings (SSSR count). The third kappa shape index (κ3) is 7.61. The molecule has 2 aliphatic heterocycles. The molecule has 2 unspecified atom stereocenters. The van der Waals surface area contributed by atoms with Gasteiger partial charge in [0.1, 0.15) is 0 Å². The predicted octanol–water partition coefficient (Wildman–Crippen LogP) is 3.25. The lowest BCUT2D eigenvalue weighted by Crippen LogP contribution is -2.39. The lowest BCUT2D eigenvalue weighted by molar-refractivity contribution is -0.116. The Balaban J connectivity index is 0.00000156. The van der Waals surface area contributed by atoms with Crippen molar-refractivity contribution in [2.75, 3.05) is 36.5 Å². The first kappa shape index (κ1) is 23.0. The van der Waals surface area contributed by atoms with Crippen molar-refractivity contribution in [1.29, 1.82) is 0 Å². The molecule has 1 amide bonds. The second kappa shape index (κ2) is 11.6. The van der Waals surface area contributed by atoms with Gasteiger partial charge in [-0.3, -0.25) is 9.69 Å². The monoisotopic (exact) mass is 426 g/mol. The number of hydrogen-bond donors (Lipinski definition) is 2. The van der Waals surface area contributed by atoms with Crippen LogP contribution in [0.15, 0.2) is 5.38 Å². The Morgan fingerprint density at radius 1 is 1.48 bits per heavy atom. The van der Waals surface area contributed by atoms with Crippen molar-refractivity contribution in [3.63, 3.8) is 0 Å². The van der Waals surface area contributed by atoms with Gasteiger partial charge in [-0.15, -0.1) is 36.2 Å². The van der Waals surface area contributed by atoms with E-state index in [1.807, 2.05) is 11.8 Å². The number of rotatable bonds is 5. The average Bonchev–Trinajstić information content (AvgIpc) is 2.95. The van der Waals surface area contributed by atoms with Gasteiger partial charge in [0.2, 0.25) is 5.91 Å². The summed E-state index contributed by atoms with van der Waals surface area (Å²) < 4.78 is 0. The summed E-state index contributed by atoms with van der Waals surface area (Å²) in [5.74, 6) is 3.01. The molecule has 2 aliphatic rings. The van der Waals surface area contributed by atoms with Gasteiger partial charge < -0.3 is 10.6 Å². The molecule has 2 atom stereocenters. The van der Waals surface area contributed by atoms with Crippen LogP contribution in [0.25, 0.3) is 0 Å². The van der Waals surface area contributed by atoms with E-state index in [0.29, 0.717) is 12.5 Å². The minimum atomic E-state index is 0. The summed E-state index contributed by atoms with van der Waals surface area (Å²) in [7, 11) is 0. The number of nitrogens with one attached hydrogen (secondary N) is 2. The van der Waals surface area contributed by atoms with Crippen LogP contribution >= 0.6 is 47.9 Å². The van der Waals surface area contributed by atoms with Gasteiger partial charge in [-0.2, -0.15) is 11.8 Å². The number of carbonyl (C=O) groups excluding carboxylic acids is 1. The summed E-state index contributed by atoms with van der Waals surface area (Å²) in [6.45, 7) is 6.53. The molecule has 25 heavy (non-hydrogen) atoms. The zero-order valence-corrected chi connectivity index (χ0v) is 17.8. The number of nitrogens with zero attached hydrogens (tertiary/aromatic N) is 2. The van der Waals surface area contributed by atoms with E-state index in [4.69, 9.17) is 0 Å². The summed E-state index contributed by atoms with van der Waals surface area (Å²) >= 11 is 3.45. The lowest BCUT2D eigenvalue weighted by atomic mass is 10.0. The van der Waals surface area contributed by atoms with Crippen molar-refractivity contribution in [2.45, 2.75) is 38.8 Å². The number of aromatic nitrogens is 1. The molecular weight excluding hydrogens is 399 g/mol. The molecule has 144 valence electrons. The van der Waals surface area contributed by atoms with Gasteiger partial charge in [-0.25, -0.2) is 4.98 Å². The van der Waals surface area contributed by atoms with Gasteiger partial charge in [-0.1, -0.05) is 6.92 Å². The van der Waals surface area contributed by atoms with Gasteiger partial charge in [0.15, 0.2) is 5.13 Å². The lowest BCUT2D eigenvalue weighted by Gasteiger charge is -2.30. The van der Waals surface area contributed by atoms with E-state index in [-0.39, 0.29) is 30.7 Å². The first-order valence-electron chi connectivity index (χ1n) is 8.47. The topological polar surface area (TPSA) is 57.3 Å². The normalized spacial score (nSPS) is 24.0. The molecule has 0 saturated carbocycles. The van der Waals surface area contributed by atoms with E-state index < -0.39 is 0 Å². The Morgan fingerprint density at radius 3 is 3.04 bits per heavy atom. The number of anilines is 1. The predicted molar refractivity (Wildman–Crippen MR) is 113 cm³/mol. The first-order chi connectivity index (χ1) is 11.2. The fourth-order valence-electron chi connectivity index (χ4n) is 3.24. The maximum absolute atomic E-state index is 12.1. The number of hydrogen-bond acceptors (Lipinski definition) is 6. The summed E-state index contributed by atoms with van der Waals surface area (Å²) in [5, 5.41) is 9.16. The standard InChI is InChI=1S/C16H26N4OS2.2ClH/c1-12-3-2-5-20(8-12)9-14-11-23-16(18-14)19-15(21)7-13-10-22-6-4-17-13;;/h11-13,17H,2-10H2,1H3,(H,18,19,21);2*1H. The van der Waals surface area contributed by atoms with Crippen molar-refractivity contribution in [1.82, 2.24) is 15.2 Å². The number of thiazole rings is 1. The van der Waals surface area contributed by atoms with Crippen LogP contribution in [0.4, 0.5) is 5.13 Å². The van der Waals surface area contributed by atoms with Gasteiger partial charge in [0.05, 0.1) is 5.69 Å². The minimum absolute atomic E-state index is 0. The van der Waals surface area contributed by atoms with Gasteiger partial charge in [0.25, 0.3) is 0 Å². The molecule has 5 nitrogen and oxygen atoms in total. The Labute approximate surface area is 170 Å². The third-order valence-electron chi connectivity index (χ3n) is 4.36. The quantitative estimate of drug-likeness (QED) is 0.756. The molecule has 0 bridgehead atoms. The number of piperidine rings is 1. The Kier molecular flexibility index (Phi) is 10.7. The van der Waals surface area contributed by atoms with Crippen molar-refractivity contribution >= 4 is 59.0 Å². The molecule has 3 heterocycles. The van der Waals surface area contributed by atoms with Crippen LogP contribution in [-0.2, 0) is 11.3 Å². The molecule has 0 radical (unpaired) electrons. The number of amides is 1. The molecule has 9 heteroatoms. The average molecular weight is 427 g/mol. The highest BCUT2D eigenvalue weighted by molar-refractivity contribution is 7.99. The first-order valence-corrected chi connectivity index (χ1v) is 10.5. The second-order valence-electron chi connectivity index (χ2n) is 6.60. The smallest absolute Gasteiger partial charge is 0.227 e. The van der Waals surface area contributed by atoms with Gasteiger partial charge >= 0.3 is 0 Å². The van der Waals surface area contributed by atoms with Crippen molar-refractivity contribution in [2.24, 2.45) is 5.92 Å². The Bertz CT molecular complexity index is 526. The highest BCUT2D eigenvalue weighted by atomic mass is 35.5. The molecule has 2 N–H and O–H groups in total. The molecular formula is C16H28Cl2N4OS2. The van der Waals surface area contributed by atoms with Crippen molar-refractivity contribution in [3.05, 3.63) is 11.1 Å². The second-order valence-corrected chi connectivity index (χ2v) is 8.61. The van der Waals surface area contributed by atoms with E-state index in [2.05, 4.69) is 32.8 Å². The molecule has 0 spiro atoms. The molecule has 2 fully saturated rings. The zero-order chi connectivity index (χ0) is 16.1. The van der Waals surface area contributed by atoms with Crippen LogP contribution in [0.3, 0.4) is 0 Å². The van der Waals surface area contributed by atoms with Crippen LogP contribution in [0.1, 0.15) is 31.9 Å². The van der Waals surface area contributed by atoms with E-state index in [0.717, 1.165) is 54.4 Å². The Morgan fingerprint density at radius 2 is 2.32 bits per heavy atom. The third-order valence-corrected chi connectivity index (χ3v) is 6.29. The maximum atomic E-state index is 12.1. The van der Waals surface area contributed by atoms with Gasteiger partial charge in [0, 0.05) is 49.0 Å². The highest BCUT2D eigenvalue weighted by Gasteiger charge is 2.19. The number of carbonyl (C=O) groups is 1. The summed E-state index contributed by atoms with van der Waals surface area (Å²) in [4.78, 5) is 19.2. The summed E-state index contributed by atoms with van der Waals surface area (Å²) in [6.07, 6.45) is 3.15. The van der Waals surface area contributed by atoms with Crippen LogP contribution < -0.4 is 10.6 Å². The number of halogens is 2. The fourth-order valence-corrected chi connectivity index (χ4v) is 4.91. The van der Waals surface area contributed by atoms with Crippen LogP contribution in [0.5, 0.6) is 0 Å². The molecule has 0 aromatic carbocycles. The van der Waals surface area contributed by atoms with Crippen LogP contribution in [0, 0.1) is 5.92 Å². The minimum Gasteiger partial charge on any atom is -0.312 e. The number of thioether (sulfide) groups is 1. The van der Waals surface area contributed by atoms with E-state index in [1.165, 1.54) is 24.2 Å². The van der Waals surface area contributed by atoms with Crippen molar-refractivity contribution in [3.8, 4) is 0 Å². The molecule has 1 aromatic heterocycles. The summed E-state index contributed by atoms with van der Waals surface area (Å²) in [5.41, 5.74) is 1.07. The Hall–Kier alpha value is -0.0500. The van der Waals surface area contributed by atoms with Crippen molar-refractivity contribution < 1.29 is 4.79 Å². The van der Waals surface area contributed by atoms with E-state index in [9.17, 15) is 4.79 Å². The van der Waals surface area contributed by atoms with E-state index in [1.54, 1.807) is 0 Å². The highest BCUT2D eigenvalue weighted by Crippen LogP contribution is 2.21. The molecule has 0 aliphatic carbocycles. The van der Waals surface area contributed by atoms with Gasteiger partial charge in [-0.05, 0) is 25.3 Å². The summed E-state index contributed by atoms with van der Waals surface area (Å²) in [6, 6.07) is 0.294. The SMILES string of the molecule is CC1CCCN(Cc2csc(NC(=O)CC3CSCCN3)n2)C1.Cl.Cl. The number of likely N-dealkylation sites (tertiary alicyclic amines) is 1. The molecule has 2 saturated heterocycles. The fraction of sp³-hybridized carbons (Fsp3) is 0.750. The maximum Gasteiger partial charge on any atom is 0.227 e. The van der Waals surface area contributed by atoms with Crippen LogP contribution in [0.2, 0.25) is 0 Å². The van der Waals surface area contributed by atoms with E-state index >= 15 is 0 Å². The zero-order valence-electron chi connectivity index (χ0n) is 14.5. The molecule has 1 aromatic rings. The largest absolute Gasteiger partial charge is 0.312 e. The van der Waals surface area contributed by atoms with Crippen LogP contribution in [-0.4, -0.2) is 53.0 Å².